The molecule has 8 nitrogen and oxygen atoms in total. The van der Waals surface area contributed by atoms with Crippen molar-refractivity contribution in [2.24, 2.45) is 11.3 Å². The number of carbonyl (C=O) groups is 2. The van der Waals surface area contributed by atoms with Crippen LogP contribution < -0.4 is 16.0 Å². The van der Waals surface area contributed by atoms with Crippen molar-refractivity contribution in [1.82, 2.24) is 20.9 Å². The Morgan fingerprint density at radius 1 is 1.39 bits per heavy atom. The van der Waals surface area contributed by atoms with Gasteiger partial charge in [-0.3, -0.25) is 14.9 Å². The molecule has 2 aromatic rings. The second-order valence-corrected chi connectivity index (χ2v) is 10.3. The Hall–Kier alpha value is -2.60. The lowest BCUT2D eigenvalue weighted by Crippen LogP contribution is -2.51. The Morgan fingerprint density at radius 2 is 2.15 bits per heavy atom. The smallest absolute Gasteiger partial charge is 0.238 e. The number of H-pyrrole nitrogens is 1. The lowest BCUT2D eigenvalue weighted by molar-refractivity contribution is -0.128. The maximum atomic E-state index is 13.1. The molecule has 0 bridgehead atoms. The highest BCUT2D eigenvalue weighted by Crippen LogP contribution is 2.27. The average Bonchev–Trinajstić information content (AvgIpc) is 3.19. The van der Waals surface area contributed by atoms with E-state index >= 15 is 0 Å². The number of hydrogen-bond acceptors (Lipinski definition) is 5. The van der Waals surface area contributed by atoms with Gasteiger partial charge in [0.2, 0.25) is 11.8 Å². The summed E-state index contributed by atoms with van der Waals surface area (Å²) < 4.78 is 0. The van der Waals surface area contributed by atoms with E-state index in [0.717, 1.165) is 17.3 Å². The highest BCUT2D eigenvalue weighted by Gasteiger charge is 2.31. The molecular formula is C24H32ClN5O3. The fraction of sp³-hybridized carbons (Fsp3) is 0.542. The van der Waals surface area contributed by atoms with Gasteiger partial charge in [-0.2, -0.15) is 5.26 Å². The minimum atomic E-state index is -1.14. The third-order valence-electron chi connectivity index (χ3n) is 5.81. The van der Waals surface area contributed by atoms with Crippen LogP contribution in [0.15, 0.2) is 24.3 Å². The van der Waals surface area contributed by atoms with Crippen molar-refractivity contribution in [2.45, 2.75) is 64.8 Å². The van der Waals surface area contributed by atoms with Crippen molar-refractivity contribution in [1.29, 1.82) is 5.26 Å². The summed E-state index contributed by atoms with van der Waals surface area (Å²) in [6.45, 7) is 6.64. The third kappa shape index (κ3) is 6.70. The summed E-state index contributed by atoms with van der Waals surface area (Å²) in [5, 5.41) is 30.3. The first-order chi connectivity index (χ1) is 15.6. The summed E-state index contributed by atoms with van der Waals surface area (Å²) in [7, 11) is 0. The summed E-state index contributed by atoms with van der Waals surface area (Å²) in [4.78, 5) is 28.3. The predicted octanol–water partition coefficient (Wildman–Crippen LogP) is 3.13. The number of nitriles is 1. The van der Waals surface area contributed by atoms with Crippen LogP contribution in [0.3, 0.4) is 0 Å². The van der Waals surface area contributed by atoms with Gasteiger partial charge in [-0.15, -0.1) is 0 Å². The molecule has 3 rings (SSSR count). The molecule has 1 aromatic carbocycles. The summed E-state index contributed by atoms with van der Waals surface area (Å²) in [6.07, 6.45) is 1.11. The quantitative estimate of drug-likeness (QED) is 0.376. The Kier molecular flexibility index (Phi) is 8.01. The Bertz CT molecular complexity index is 1040. The van der Waals surface area contributed by atoms with Crippen LogP contribution in [0.1, 0.15) is 58.4 Å². The zero-order valence-corrected chi connectivity index (χ0v) is 20.0. The van der Waals surface area contributed by atoms with Gasteiger partial charge in [-0.25, -0.2) is 0 Å². The molecule has 178 valence electrons. The Morgan fingerprint density at radius 3 is 2.79 bits per heavy atom. The van der Waals surface area contributed by atoms with Gasteiger partial charge in [-0.05, 0) is 49.3 Å². The molecule has 1 aliphatic rings. The molecule has 1 fully saturated rings. The maximum absolute atomic E-state index is 13.1. The van der Waals surface area contributed by atoms with E-state index in [9.17, 15) is 20.0 Å². The lowest BCUT2D eigenvalue weighted by Gasteiger charge is -2.29. The zero-order valence-electron chi connectivity index (χ0n) is 19.2. The number of hydrogen-bond donors (Lipinski definition) is 5. The van der Waals surface area contributed by atoms with Crippen LogP contribution >= 0.6 is 11.6 Å². The summed E-state index contributed by atoms with van der Waals surface area (Å²) in [5.41, 5.74) is 1.05. The summed E-state index contributed by atoms with van der Waals surface area (Å²) in [6, 6.07) is 7.75. The molecule has 9 heteroatoms. The molecule has 0 aliphatic carbocycles. The molecule has 0 saturated carbocycles. The number of piperidine rings is 1. The van der Waals surface area contributed by atoms with Crippen molar-refractivity contribution >= 4 is 34.3 Å². The van der Waals surface area contributed by atoms with E-state index in [-0.39, 0.29) is 29.6 Å². The first-order valence-corrected chi connectivity index (χ1v) is 11.6. The van der Waals surface area contributed by atoms with Crippen LogP contribution in [-0.2, 0) is 9.59 Å². The molecule has 2 amide bonds. The number of aliphatic hydroxyl groups is 1. The first-order valence-electron chi connectivity index (χ1n) is 11.3. The molecule has 4 atom stereocenters. The number of aromatic nitrogens is 1. The zero-order chi connectivity index (χ0) is 24.2. The standard InChI is InChI=1S/C24H32ClN5O3/c1-24(2,3)12-20(23(33)28-15(13-26)10-14-6-5-9-27-21(14)31)30-22(32)19-11-16-17(25)7-4-8-18(16)29-19/h4,7-8,11,14-15,20,22,29-30,32H,5-6,9-10,12H2,1-3H3,(H,27,31)(H,28,33). The summed E-state index contributed by atoms with van der Waals surface area (Å²) in [5.74, 6) is -0.756. The number of nitrogens with one attached hydrogen (secondary N) is 4. The second-order valence-electron chi connectivity index (χ2n) is 9.87. The van der Waals surface area contributed by atoms with Gasteiger partial charge in [0.05, 0.1) is 17.8 Å². The predicted molar refractivity (Wildman–Crippen MR) is 127 cm³/mol. The van der Waals surface area contributed by atoms with Crippen molar-refractivity contribution in [2.75, 3.05) is 6.54 Å². The lowest BCUT2D eigenvalue weighted by atomic mass is 9.87. The molecule has 0 radical (unpaired) electrons. The number of nitrogens with zero attached hydrogens (tertiary/aromatic N) is 1. The summed E-state index contributed by atoms with van der Waals surface area (Å²) >= 11 is 6.24. The molecular weight excluding hydrogens is 442 g/mol. The normalized spacial score (nSPS) is 19.4. The molecule has 1 aromatic heterocycles. The Labute approximate surface area is 199 Å². The Balaban J connectivity index is 1.72. The molecule has 2 heterocycles. The van der Waals surface area contributed by atoms with Crippen molar-refractivity contribution in [3.05, 3.63) is 35.0 Å². The molecule has 1 saturated heterocycles. The fourth-order valence-electron chi connectivity index (χ4n) is 4.17. The fourth-order valence-corrected chi connectivity index (χ4v) is 4.40. The number of carbonyl (C=O) groups excluding carboxylic acids is 2. The van der Waals surface area contributed by atoms with E-state index in [4.69, 9.17) is 11.6 Å². The van der Waals surface area contributed by atoms with E-state index in [0.29, 0.717) is 30.1 Å². The van der Waals surface area contributed by atoms with Crippen LogP contribution in [0, 0.1) is 22.7 Å². The molecule has 33 heavy (non-hydrogen) atoms. The van der Waals surface area contributed by atoms with Crippen molar-refractivity contribution < 1.29 is 14.7 Å². The highest BCUT2D eigenvalue weighted by atomic mass is 35.5. The number of aromatic amines is 1. The van der Waals surface area contributed by atoms with E-state index in [1.165, 1.54) is 0 Å². The number of benzene rings is 1. The molecule has 0 spiro atoms. The van der Waals surface area contributed by atoms with E-state index < -0.39 is 18.3 Å². The van der Waals surface area contributed by atoms with Gasteiger partial charge in [0.25, 0.3) is 0 Å². The number of rotatable bonds is 8. The minimum absolute atomic E-state index is 0.0759. The SMILES string of the molecule is CC(C)(C)CC(NC(O)c1cc2c(Cl)cccc2[nH]1)C(=O)NC(C#N)CC1CCCNC1=O. The molecule has 4 unspecified atom stereocenters. The minimum Gasteiger partial charge on any atom is -0.373 e. The molecule has 5 N–H and O–H groups in total. The number of fused-ring (bicyclic) bond motifs is 1. The monoisotopic (exact) mass is 473 g/mol. The van der Waals surface area contributed by atoms with Crippen LogP contribution in [-0.4, -0.2) is 40.5 Å². The van der Waals surface area contributed by atoms with E-state index in [1.807, 2.05) is 32.9 Å². The van der Waals surface area contributed by atoms with Gasteiger partial charge in [0.1, 0.15) is 12.3 Å². The third-order valence-corrected chi connectivity index (χ3v) is 6.14. The number of aliphatic hydroxyl groups excluding tert-OH is 1. The average molecular weight is 474 g/mol. The van der Waals surface area contributed by atoms with Gasteiger partial charge in [0.15, 0.2) is 0 Å². The van der Waals surface area contributed by atoms with Crippen LogP contribution in [0.25, 0.3) is 10.9 Å². The van der Waals surface area contributed by atoms with Crippen molar-refractivity contribution in [3.63, 3.8) is 0 Å². The van der Waals surface area contributed by atoms with Gasteiger partial charge in [-0.1, -0.05) is 38.4 Å². The van der Waals surface area contributed by atoms with Crippen LogP contribution in [0.2, 0.25) is 5.02 Å². The highest BCUT2D eigenvalue weighted by molar-refractivity contribution is 6.35. The number of halogens is 1. The van der Waals surface area contributed by atoms with E-state index in [2.05, 4.69) is 27.0 Å². The number of amides is 2. The van der Waals surface area contributed by atoms with E-state index in [1.54, 1.807) is 12.1 Å². The van der Waals surface area contributed by atoms with Crippen molar-refractivity contribution in [3.8, 4) is 6.07 Å². The molecule has 1 aliphatic heterocycles. The second kappa shape index (κ2) is 10.6. The van der Waals surface area contributed by atoms with Gasteiger partial charge in [0, 0.05) is 28.4 Å². The van der Waals surface area contributed by atoms with Crippen LogP contribution in [0.5, 0.6) is 0 Å². The van der Waals surface area contributed by atoms with Gasteiger partial charge >= 0.3 is 0 Å². The van der Waals surface area contributed by atoms with Crippen LogP contribution in [0.4, 0.5) is 0 Å². The van der Waals surface area contributed by atoms with Gasteiger partial charge < -0.3 is 20.7 Å². The topological polar surface area (TPSA) is 130 Å². The largest absolute Gasteiger partial charge is 0.373 e. The maximum Gasteiger partial charge on any atom is 0.238 e. The first kappa shape index (κ1) is 25.0.